The molecular formula is C14H21NO6Si. The number of amides is 1. The van der Waals surface area contributed by atoms with E-state index in [0.29, 0.717) is 5.20 Å². The van der Waals surface area contributed by atoms with E-state index in [-0.39, 0.29) is 29.5 Å². The van der Waals surface area contributed by atoms with Crippen molar-refractivity contribution < 1.29 is 28.6 Å². The van der Waals surface area contributed by atoms with Crippen LogP contribution in [0, 0.1) is 0 Å². The number of carbonyl (C=O) groups is 3. The highest BCUT2D eigenvalue weighted by Crippen LogP contribution is 2.31. The summed E-state index contributed by atoms with van der Waals surface area (Å²) in [6.07, 6.45) is -0.678. The SMILES string of the molecule is CNC(=O)OCC1=C([Si](C)(C)C)C(=O)C(OC)=C(OC)C1=O. The number of alkyl carbamates (subject to hydrolysis) is 1. The Balaban J connectivity index is 3.38. The standard InChI is InChI=1S/C14H21NO6Si/c1-15-14(18)21-7-8-9(16)11(19-2)12(20-3)10(17)13(8)22(4,5)6/h7H2,1-6H3,(H,15,18). The minimum absolute atomic E-state index is 0.103. The summed E-state index contributed by atoms with van der Waals surface area (Å²) in [5, 5.41) is 2.68. The Hall–Kier alpha value is -2.09. The number of hydrogen-bond acceptors (Lipinski definition) is 6. The van der Waals surface area contributed by atoms with E-state index in [1.807, 2.05) is 19.6 Å². The average molecular weight is 327 g/mol. The maximum atomic E-state index is 12.6. The van der Waals surface area contributed by atoms with Gasteiger partial charge in [-0.15, -0.1) is 0 Å². The first-order valence-corrected chi connectivity index (χ1v) is 10.2. The highest BCUT2D eigenvalue weighted by Gasteiger charge is 2.42. The van der Waals surface area contributed by atoms with Crippen molar-refractivity contribution in [1.29, 1.82) is 0 Å². The number of nitrogens with one attached hydrogen (secondary N) is 1. The lowest BCUT2D eigenvalue weighted by Gasteiger charge is -2.28. The topological polar surface area (TPSA) is 90.9 Å². The number of allylic oxidation sites excluding steroid dienone is 2. The summed E-state index contributed by atoms with van der Waals surface area (Å²) in [5.41, 5.74) is 0.158. The van der Waals surface area contributed by atoms with Gasteiger partial charge in [0.1, 0.15) is 6.61 Å². The smallest absolute Gasteiger partial charge is 0.407 e. The predicted molar refractivity (Wildman–Crippen MR) is 81.8 cm³/mol. The molecule has 22 heavy (non-hydrogen) atoms. The van der Waals surface area contributed by atoms with Gasteiger partial charge in [-0.2, -0.15) is 0 Å². The molecule has 1 rings (SSSR count). The molecule has 0 aromatic rings. The molecule has 0 aliphatic heterocycles. The van der Waals surface area contributed by atoms with E-state index >= 15 is 0 Å². The third-order valence-electron chi connectivity index (χ3n) is 3.13. The number of rotatable bonds is 5. The number of methoxy groups -OCH3 is 2. The molecule has 0 aromatic heterocycles. The molecule has 0 fully saturated rings. The number of ether oxygens (including phenoxy) is 3. The molecule has 1 N–H and O–H groups in total. The first-order valence-electron chi connectivity index (χ1n) is 6.68. The molecule has 0 unspecified atom stereocenters. The van der Waals surface area contributed by atoms with Gasteiger partial charge in [0.25, 0.3) is 0 Å². The Morgan fingerprint density at radius 3 is 1.95 bits per heavy atom. The molecule has 0 radical (unpaired) electrons. The van der Waals surface area contributed by atoms with Gasteiger partial charge in [0.15, 0.2) is 0 Å². The van der Waals surface area contributed by atoms with Crippen LogP contribution in [0.1, 0.15) is 0 Å². The second-order valence-corrected chi connectivity index (χ2v) is 10.7. The van der Waals surface area contributed by atoms with Crippen molar-refractivity contribution in [1.82, 2.24) is 5.32 Å². The summed E-state index contributed by atoms with van der Waals surface area (Å²) >= 11 is 0. The van der Waals surface area contributed by atoms with E-state index in [0.717, 1.165) is 0 Å². The fraction of sp³-hybridized carbons (Fsp3) is 0.500. The van der Waals surface area contributed by atoms with E-state index in [1.54, 1.807) is 0 Å². The second-order valence-electron chi connectivity index (χ2n) is 5.65. The molecule has 0 heterocycles. The Morgan fingerprint density at radius 2 is 1.55 bits per heavy atom. The third-order valence-corrected chi connectivity index (χ3v) is 5.16. The molecule has 7 nitrogen and oxygen atoms in total. The van der Waals surface area contributed by atoms with E-state index in [9.17, 15) is 14.4 Å². The van der Waals surface area contributed by atoms with Crippen LogP contribution in [0.15, 0.2) is 22.3 Å². The zero-order valence-corrected chi connectivity index (χ0v) is 14.7. The maximum Gasteiger partial charge on any atom is 0.407 e. The number of hydrogen-bond donors (Lipinski definition) is 1. The lowest BCUT2D eigenvalue weighted by atomic mass is 10.0. The molecule has 0 spiro atoms. The predicted octanol–water partition coefficient (Wildman–Crippen LogP) is 1.17. The minimum Gasteiger partial charge on any atom is -0.490 e. The van der Waals surface area contributed by atoms with Crippen LogP contribution in [0.5, 0.6) is 0 Å². The van der Waals surface area contributed by atoms with Crippen LogP contribution in [0.25, 0.3) is 0 Å². The van der Waals surface area contributed by atoms with Crippen molar-refractivity contribution in [2.45, 2.75) is 19.6 Å². The largest absolute Gasteiger partial charge is 0.490 e. The van der Waals surface area contributed by atoms with Gasteiger partial charge in [0.05, 0.1) is 22.3 Å². The fourth-order valence-corrected chi connectivity index (χ4v) is 4.10. The Labute approximate surface area is 130 Å². The van der Waals surface area contributed by atoms with Crippen LogP contribution in [0.2, 0.25) is 19.6 Å². The van der Waals surface area contributed by atoms with Gasteiger partial charge in [-0.05, 0) is 0 Å². The molecule has 1 amide bonds. The van der Waals surface area contributed by atoms with Crippen molar-refractivity contribution in [2.75, 3.05) is 27.9 Å². The van der Waals surface area contributed by atoms with Crippen LogP contribution in [-0.4, -0.2) is 53.6 Å². The van der Waals surface area contributed by atoms with Crippen molar-refractivity contribution in [3.05, 3.63) is 22.3 Å². The fourth-order valence-electron chi connectivity index (χ4n) is 2.22. The van der Waals surface area contributed by atoms with Crippen LogP contribution < -0.4 is 5.32 Å². The van der Waals surface area contributed by atoms with Gasteiger partial charge >= 0.3 is 6.09 Å². The van der Waals surface area contributed by atoms with Crippen molar-refractivity contribution >= 4 is 25.7 Å². The highest BCUT2D eigenvalue weighted by molar-refractivity contribution is 6.88. The molecule has 122 valence electrons. The maximum absolute atomic E-state index is 12.6. The summed E-state index contributed by atoms with van der Waals surface area (Å²) in [6.45, 7) is 5.50. The normalized spacial score (nSPS) is 15.9. The molecule has 0 saturated carbocycles. The molecule has 8 heteroatoms. The zero-order chi connectivity index (χ0) is 17.1. The molecule has 1 aliphatic carbocycles. The van der Waals surface area contributed by atoms with E-state index < -0.39 is 20.0 Å². The van der Waals surface area contributed by atoms with Crippen LogP contribution in [-0.2, 0) is 23.8 Å². The van der Waals surface area contributed by atoms with Gasteiger partial charge in [-0.25, -0.2) is 4.79 Å². The van der Waals surface area contributed by atoms with Gasteiger partial charge in [0, 0.05) is 17.8 Å². The van der Waals surface area contributed by atoms with Crippen LogP contribution in [0.3, 0.4) is 0 Å². The first-order chi connectivity index (χ1) is 10.2. The summed E-state index contributed by atoms with van der Waals surface area (Å²) in [5.74, 6) is -1.13. The lowest BCUT2D eigenvalue weighted by Crippen LogP contribution is -2.39. The third kappa shape index (κ3) is 3.38. The van der Waals surface area contributed by atoms with Gasteiger partial charge in [-0.3, -0.25) is 9.59 Å². The van der Waals surface area contributed by atoms with Gasteiger partial charge < -0.3 is 19.5 Å². The monoisotopic (exact) mass is 327 g/mol. The van der Waals surface area contributed by atoms with Crippen LogP contribution >= 0.6 is 0 Å². The van der Waals surface area contributed by atoms with Crippen molar-refractivity contribution in [3.63, 3.8) is 0 Å². The Kier molecular flexibility index (Phi) is 5.53. The van der Waals surface area contributed by atoms with E-state index in [4.69, 9.17) is 14.2 Å². The molecule has 1 aliphatic rings. The number of Topliss-reactive ketones (excluding diaryl/α,β-unsaturated/α-hetero) is 2. The molecule has 0 aromatic carbocycles. The molecule has 0 saturated heterocycles. The minimum atomic E-state index is -2.18. The first kappa shape index (κ1) is 18.0. The highest BCUT2D eigenvalue weighted by atomic mass is 28.3. The van der Waals surface area contributed by atoms with Crippen LogP contribution in [0.4, 0.5) is 4.79 Å². The second kappa shape index (κ2) is 6.78. The number of ketones is 2. The molecule has 0 atom stereocenters. The Morgan fingerprint density at radius 1 is 1.05 bits per heavy atom. The van der Waals surface area contributed by atoms with Gasteiger partial charge in [-0.1, -0.05) is 19.6 Å². The quantitative estimate of drug-likeness (QED) is 0.602. The summed E-state index contributed by atoms with van der Waals surface area (Å²) in [7, 11) is 1.83. The summed E-state index contributed by atoms with van der Waals surface area (Å²) in [4.78, 5) is 36.5. The summed E-state index contributed by atoms with van der Waals surface area (Å²) in [6, 6.07) is 0. The van der Waals surface area contributed by atoms with Crippen molar-refractivity contribution in [2.24, 2.45) is 0 Å². The average Bonchev–Trinajstić information content (AvgIpc) is 2.45. The lowest BCUT2D eigenvalue weighted by molar-refractivity contribution is -0.121. The van der Waals surface area contributed by atoms with E-state index in [1.165, 1.54) is 21.3 Å². The Bertz CT molecular complexity index is 570. The summed E-state index contributed by atoms with van der Waals surface area (Å²) < 4.78 is 15.0. The molecular weight excluding hydrogens is 306 g/mol. The van der Waals surface area contributed by atoms with Gasteiger partial charge in [0.2, 0.25) is 23.1 Å². The van der Waals surface area contributed by atoms with E-state index in [2.05, 4.69) is 5.32 Å². The molecule has 0 bridgehead atoms. The van der Waals surface area contributed by atoms with Crippen molar-refractivity contribution in [3.8, 4) is 0 Å². The zero-order valence-electron chi connectivity index (χ0n) is 13.7. The number of carbonyl (C=O) groups excluding carboxylic acids is 3.